The van der Waals surface area contributed by atoms with Crippen LogP contribution in [0.2, 0.25) is 0 Å². The summed E-state index contributed by atoms with van der Waals surface area (Å²) in [6.07, 6.45) is 3.39. The zero-order valence-electron chi connectivity index (χ0n) is 12.3. The van der Waals surface area contributed by atoms with E-state index in [1.807, 2.05) is 0 Å². The van der Waals surface area contributed by atoms with Gasteiger partial charge in [-0.05, 0) is 32.2 Å². The maximum Gasteiger partial charge on any atom is 0.317 e. The lowest BCUT2D eigenvalue weighted by molar-refractivity contribution is -0.139. The highest BCUT2D eigenvalue weighted by Crippen LogP contribution is 2.29. The third kappa shape index (κ3) is 4.49. The van der Waals surface area contributed by atoms with Crippen molar-refractivity contribution in [1.82, 2.24) is 10.2 Å². The highest BCUT2D eigenvalue weighted by molar-refractivity contribution is 5.82. The fourth-order valence-corrected chi connectivity index (χ4v) is 2.64. The van der Waals surface area contributed by atoms with Gasteiger partial charge < -0.3 is 10.4 Å². The molecule has 0 radical (unpaired) electrons. The van der Waals surface area contributed by atoms with Crippen LogP contribution < -0.4 is 5.32 Å². The van der Waals surface area contributed by atoms with E-state index in [0.29, 0.717) is 11.8 Å². The first-order chi connectivity index (χ1) is 8.82. The van der Waals surface area contributed by atoms with Crippen molar-refractivity contribution in [2.75, 3.05) is 13.6 Å². The summed E-state index contributed by atoms with van der Waals surface area (Å²) >= 11 is 0. The topological polar surface area (TPSA) is 69.6 Å². The normalized spacial score (nSPS) is 29.0. The molecular weight excluding hydrogens is 244 g/mol. The lowest BCUT2D eigenvalue weighted by atomic mass is 9.78. The van der Waals surface area contributed by atoms with Crippen molar-refractivity contribution in [2.45, 2.75) is 52.1 Å². The summed E-state index contributed by atoms with van der Waals surface area (Å²) in [7, 11) is 1.66. The Bertz CT molecular complexity index is 333. The molecule has 110 valence electrons. The molecule has 1 fully saturated rings. The number of carbonyl (C=O) groups is 2. The Labute approximate surface area is 115 Å². The fourth-order valence-electron chi connectivity index (χ4n) is 2.64. The van der Waals surface area contributed by atoms with E-state index < -0.39 is 12.0 Å². The second kappa shape index (κ2) is 6.89. The Morgan fingerprint density at radius 2 is 2.00 bits per heavy atom. The van der Waals surface area contributed by atoms with Gasteiger partial charge in [-0.2, -0.15) is 0 Å². The van der Waals surface area contributed by atoms with Crippen LogP contribution in [0.5, 0.6) is 0 Å². The van der Waals surface area contributed by atoms with Gasteiger partial charge in [0.05, 0.1) is 12.6 Å². The number of nitrogens with one attached hydrogen (secondary N) is 1. The van der Waals surface area contributed by atoms with Crippen LogP contribution in [0, 0.1) is 11.8 Å². The van der Waals surface area contributed by atoms with Crippen molar-refractivity contribution < 1.29 is 14.7 Å². The minimum atomic E-state index is -0.915. The first-order valence-corrected chi connectivity index (χ1v) is 7.05. The molecule has 0 aromatic rings. The first-order valence-electron chi connectivity index (χ1n) is 7.05. The number of hydrogen-bond acceptors (Lipinski definition) is 3. The number of nitrogens with zero attached hydrogens (tertiary/aromatic N) is 1. The summed E-state index contributed by atoms with van der Waals surface area (Å²) in [4.78, 5) is 24.3. The molecule has 1 aliphatic carbocycles. The van der Waals surface area contributed by atoms with Gasteiger partial charge in [0.25, 0.3) is 0 Å². The minimum absolute atomic E-state index is 0.0744. The Kier molecular flexibility index (Phi) is 5.79. The molecule has 5 nitrogen and oxygen atoms in total. The molecule has 0 aliphatic heterocycles. The van der Waals surface area contributed by atoms with E-state index in [-0.39, 0.29) is 18.5 Å². The Balaban J connectivity index is 2.51. The van der Waals surface area contributed by atoms with Gasteiger partial charge in [-0.15, -0.1) is 0 Å². The van der Waals surface area contributed by atoms with Crippen LogP contribution in [0.1, 0.15) is 40.0 Å². The maximum atomic E-state index is 12.1. The molecule has 0 aromatic heterocycles. The van der Waals surface area contributed by atoms with Crippen molar-refractivity contribution in [2.24, 2.45) is 11.8 Å². The number of rotatable bonds is 5. The predicted molar refractivity (Wildman–Crippen MR) is 73.8 cm³/mol. The van der Waals surface area contributed by atoms with Gasteiger partial charge >= 0.3 is 5.97 Å². The van der Waals surface area contributed by atoms with Gasteiger partial charge in [-0.3, -0.25) is 14.5 Å². The summed E-state index contributed by atoms with van der Waals surface area (Å²) < 4.78 is 0. The van der Waals surface area contributed by atoms with E-state index >= 15 is 0 Å². The lowest BCUT2D eigenvalue weighted by Gasteiger charge is -2.35. The van der Waals surface area contributed by atoms with Crippen molar-refractivity contribution in [3.05, 3.63) is 0 Å². The summed E-state index contributed by atoms with van der Waals surface area (Å²) in [5, 5.41) is 11.8. The average Bonchev–Trinajstić information content (AvgIpc) is 2.33. The molecule has 0 spiro atoms. The SMILES string of the molecule is CC1CCCC(NC(=O)C(C)N(C)CC(=O)O)C1C. The van der Waals surface area contributed by atoms with Crippen molar-refractivity contribution in [3.63, 3.8) is 0 Å². The van der Waals surface area contributed by atoms with E-state index in [0.717, 1.165) is 12.8 Å². The van der Waals surface area contributed by atoms with Gasteiger partial charge in [0.1, 0.15) is 0 Å². The molecule has 0 aromatic carbocycles. The fraction of sp³-hybridized carbons (Fsp3) is 0.857. The molecular formula is C14H26N2O3. The molecule has 1 aliphatic rings. The number of carboxylic acid groups (broad SMARTS) is 1. The number of carbonyl (C=O) groups excluding carboxylic acids is 1. The number of carboxylic acids is 1. The third-order valence-electron chi connectivity index (χ3n) is 4.46. The van der Waals surface area contributed by atoms with E-state index in [1.165, 1.54) is 6.42 Å². The molecule has 1 rings (SSSR count). The van der Waals surface area contributed by atoms with E-state index in [1.54, 1.807) is 18.9 Å². The van der Waals surface area contributed by atoms with Crippen molar-refractivity contribution >= 4 is 11.9 Å². The molecule has 1 saturated carbocycles. The smallest absolute Gasteiger partial charge is 0.317 e. The number of hydrogen-bond donors (Lipinski definition) is 2. The summed E-state index contributed by atoms with van der Waals surface area (Å²) in [5.74, 6) is 0.122. The highest BCUT2D eigenvalue weighted by atomic mass is 16.4. The van der Waals surface area contributed by atoms with E-state index in [2.05, 4.69) is 19.2 Å². The summed E-state index contributed by atoms with van der Waals surface area (Å²) in [6, 6.07) is -0.197. The molecule has 5 heteroatoms. The number of likely N-dealkylation sites (N-methyl/N-ethyl adjacent to an activating group) is 1. The Morgan fingerprint density at radius 1 is 1.37 bits per heavy atom. The molecule has 0 bridgehead atoms. The van der Waals surface area contributed by atoms with Gasteiger partial charge in [0.15, 0.2) is 0 Å². The highest BCUT2D eigenvalue weighted by Gasteiger charge is 2.30. The molecule has 1 amide bonds. The second-order valence-corrected chi connectivity index (χ2v) is 5.87. The molecule has 0 saturated heterocycles. The van der Waals surface area contributed by atoms with Gasteiger partial charge in [-0.25, -0.2) is 0 Å². The second-order valence-electron chi connectivity index (χ2n) is 5.87. The largest absolute Gasteiger partial charge is 0.480 e. The van der Waals surface area contributed by atoms with Crippen molar-refractivity contribution in [3.8, 4) is 0 Å². The third-order valence-corrected chi connectivity index (χ3v) is 4.46. The first kappa shape index (κ1) is 16.0. The maximum absolute atomic E-state index is 12.1. The van der Waals surface area contributed by atoms with Crippen LogP contribution in [0.25, 0.3) is 0 Å². The zero-order valence-corrected chi connectivity index (χ0v) is 12.3. The molecule has 0 heterocycles. The van der Waals surface area contributed by atoms with Gasteiger partial charge in [0, 0.05) is 6.04 Å². The zero-order chi connectivity index (χ0) is 14.6. The Hall–Kier alpha value is -1.10. The molecule has 2 N–H and O–H groups in total. The van der Waals surface area contributed by atoms with Gasteiger partial charge in [0.2, 0.25) is 5.91 Å². The van der Waals surface area contributed by atoms with E-state index in [4.69, 9.17) is 5.11 Å². The minimum Gasteiger partial charge on any atom is -0.480 e. The quantitative estimate of drug-likeness (QED) is 0.791. The van der Waals surface area contributed by atoms with Crippen LogP contribution in [0.3, 0.4) is 0 Å². The molecule has 4 atom stereocenters. The number of amides is 1. The van der Waals surface area contributed by atoms with Crippen LogP contribution in [0.15, 0.2) is 0 Å². The average molecular weight is 270 g/mol. The summed E-state index contributed by atoms with van der Waals surface area (Å²) in [6.45, 7) is 6.03. The summed E-state index contributed by atoms with van der Waals surface area (Å²) in [5.41, 5.74) is 0. The van der Waals surface area contributed by atoms with Crippen LogP contribution in [0.4, 0.5) is 0 Å². The van der Waals surface area contributed by atoms with Crippen LogP contribution >= 0.6 is 0 Å². The van der Waals surface area contributed by atoms with Crippen molar-refractivity contribution in [1.29, 1.82) is 0 Å². The standard InChI is InChI=1S/C14H26N2O3/c1-9-6-5-7-12(10(9)2)15-14(19)11(3)16(4)8-13(17)18/h9-12H,5-8H2,1-4H3,(H,15,19)(H,17,18). The monoisotopic (exact) mass is 270 g/mol. The molecule has 19 heavy (non-hydrogen) atoms. The van der Waals surface area contributed by atoms with Crippen LogP contribution in [-0.2, 0) is 9.59 Å². The van der Waals surface area contributed by atoms with E-state index in [9.17, 15) is 9.59 Å². The van der Waals surface area contributed by atoms with Gasteiger partial charge in [-0.1, -0.05) is 26.7 Å². The lowest BCUT2D eigenvalue weighted by Crippen LogP contribution is -2.51. The predicted octanol–water partition coefficient (Wildman–Crippen LogP) is 1.33. The molecule has 4 unspecified atom stereocenters. The number of aliphatic carboxylic acids is 1. The Morgan fingerprint density at radius 3 is 2.58 bits per heavy atom. The van der Waals surface area contributed by atoms with Crippen LogP contribution in [-0.4, -0.2) is 47.6 Å².